The van der Waals surface area contributed by atoms with Crippen LogP contribution in [0.5, 0.6) is 0 Å². The molecule has 0 unspecified atom stereocenters. The lowest BCUT2D eigenvalue weighted by Crippen LogP contribution is -2.03. The number of aromatic nitrogens is 2. The van der Waals surface area contributed by atoms with Crippen molar-refractivity contribution < 1.29 is 4.92 Å². The van der Waals surface area contributed by atoms with Crippen LogP contribution in [-0.4, -0.2) is 14.9 Å². The van der Waals surface area contributed by atoms with E-state index in [1.807, 2.05) is 6.08 Å². The van der Waals surface area contributed by atoms with Crippen LogP contribution in [0.25, 0.3) is 5.57 Å². The molecule has 17 heavy (non-hydrogen) atoms. The maximum atomic E-state index is 10.9. The average molecular weight is 234 g/mol. The number of allylic oxidation sites excluding steroid dienone is 2. The van der Waals surface area contributed by atoms with Gasteiger partial charge in [-0.2, -0.15) is 0 Å². The lowest BCUT2D eigenvalue weighted by molar-refractivity contribution is -0.385. The molecule has 6 nitrogen and oxygen atoms in total. The van der Waals surface area contributed by atoms with Crippen molar-refractivity contribution in [3.8, 4) is 0 Å². The topological polar surface area (TPSA) is 94.9 Å². The Labute approximate surface area is 98.7 Å². The molecule has 1 aliphatic rings. The first-order chi connectivity index (χ1) is 8.18. The molecule has 90 valence electrons. The van der Waals surface area contributed by atoms with Gasteiger partial charge in [-0.3, -0.25) is 10.1 Å². The second-order valence-corrected chi connectivity index (χ2v) is 4.05. The molecule has 1 heterocycles. The predicted molar refractivity (Wildman–Crippen MR) is 64.2 cm³/mol. The van der Waals surface area contributed by atoms with Gasteiger partial charge in [0.05, 0.1) is 4.92 Å². The third-order valence-corrected chi connectivity index (χ3v) is 2.83. The smallest absolute Gasteiger partial charge is 0.313 e. The van der Waals surface area contributed by atoms with Gasteiger partial charge >= 0.3 is 5.69 Å². The molecule has 1 aliphatic carbocycles. The molecule has 2 rings (SSSR count). The van der Waals surface area contributed by atoms with Gasteiger partial charge in [-0.1, -0.05) is 12.5 Å². The summed E-state index contributed by atoms with van der Waals surface area (Å²) in [5.74, 6) is 0.0794. The van der Waals surface area contributed by atoms with Crippen LogP contribution < -0.4 is 5.73 Å². The average Bonchev–Trinajstić information content (AvgIpc) is 2.56. The highest BCUT2D eigenvalue weighted by Crippen LogP contribution is 2.30. The normalized spacial score (nSPS) is 16.1. The molecule has 0 saturated carbocycles. The highest BCUT2D eigenvalue weighted by atomic mass is 16.6. The van der Waals surface area contributed by atoms with Crippen molar-refractivity contribution in [2.24, 2.45) is 0 Å². The molecule has 0 saturated heterocycles. The first-order valence-corrected chi connectivity index (χ1v) is 5.65. The molecular weight excluding hydrogens is 220 g/mol. The third kappa shape index (κ3) is 2.58. The molecule has 6 heteroatoms. The highest BCUT2D eigenvalue weighted by Gasteiger charge is 2.20. The molecular formula is C11H14N4O2. The van der Waals surface area contributed by atoms with Gasteiger partial charge in [0.25, 0.3) is 0 Å². The van der Waals surface area contributed by atoms with E-state index in [1.165, 1.54) is 6.20 Å². The number of hydrogen-bond donors (Lipinski definition) is 1. The minimum Gasteiger partial charge on any atom is -0.368 e. The molecule has 0 fully saturated rings. The minimum absolute atomic E-state index is 0.0626. The highest BCUT2D eigenvalue weighted by molar-refractivity contribution is 5.70. The van der Waals surface area contributed by atoms with Crippen LogP contribution in [0, 0.1) is 10.1 Å². The number of nitrogens with zero attached hydrogens (tertiary/aromatic N) is 3. The summed E-state index contributed by atoms with van der Waals surface area (Å²) in [6.45, 7) is 0. The Hall–Kier alpha value is -1.98. The van der Waals surface area contributed by atoms with Crippen LogP contribution in [0.2, 0.25) is 0 Å². The van der Waals surface area contributed by atoms with Gasteiger partial charge in [-0.15, -0.1) is 0 Å². The number of anilines is 1. The van der Waals surface area contributed by atoms with E-state index in [0.29, 0.717) is 5.69 Å². The lowest BCUT2D eigenvalue weighted by Gasteiger charge is -2.05. The van der Waals surface area contributed by atoms with E-state index in [9.17, 15) is 10.1 Å². The Morgan fingerprint density at radius 3 is 2.94 bits per heavy atom. The zero-order chi connectivity index (χ0) is 12.3. The van der Waals surface area contributed by atoms with Crippen molar-refractivity contribution in [1.29, 1.82) is 0 Å². The minimum atomic E-state index is -0.458. The van der Waals surface area contributed by atoms with E-state index in [-0.39, 0.29) is 11.6 Å². The summed E-state index contributed by atoms with van der Waals surface area (Å²) in [6.07, 6.45) is 8.28. The van der Waals surface area contributed by atoms with Crippen molar-refractivity contribution in [3.05, 3.63) is 28.1 Å². The number of hydrogen-bond acceptors (Lipinski definition) is 5. The van der Waals surface area contributed by atoms with Crippen molar-refractivity contribution in [1.82, 2.24) is 9.97 Å². The first-order valence-electron chi connectivity index (χ1n) is 5.65. The number of nitrogen functional groups attached to an aromatic ring is 1. The Bertz CT molecular complexity index is 471. The van der Waals surface area contributed by atoms with Crippen LogP contribution in [0.4, 0.5) is 11.6 Å². The van der Waals surface area contributed by atoms with Gasteiger partial charge in [-0.05, 0) is 31.3 Å². The second-order valence-electron chi connectivity index (χ2n) is 4.05. The van der Waals surface area contributed by atoms with Gasteiger partial charge in [0.15, 0.2) is 0 Å². The zero-order valence-electron chi connectivity index (χ0n) is 9.43. The quantitative estimate of drug-likeness (QED) is 0.625. The molecule has 0 aliphatic heterocycles. The van der Waals surface area contributed by atoms with Crippen LogP contribution in [0.1, 0.15) is 37.8 Å². The first kappa shape index (κ1) is 11.5. The van der Waals surface area contributed by atoms with E-state index in [0.717, 1.165) is 37.7 Å². The molecule has 0 spiro atoms. The van der Waals surface area contributed by atoms with E-state index < -0.39 is 4.92 Å². The van der Waals surface area contributed by atoms with Gasteiger partial charge < -0.3 is 5.73 Å². The van der Waals surface area contributed by atoms with Crippen LogP contribution in [0.3, 0.4) is 0 Å². The van der Waals surface area contributed by atoms with E-state index in [2.05, 4.69) is 9.97 Å². The van der Waals surface area contributed by atoms with Crippen LogP contribution in [0.15, 0.2) is 12.3 Å². The van der Waals surface area contributed by atoms with Crippen LogP contribution >= 0.6 is 0 Å². The maximum Gasteiger partial charge on any atom is 0.313 e. The Balaban J connectivity index is 2.44. The van der Waals surface area contributed by atoms with Crippen molar-refractivity contribution in [3.63, 3.8) is 0 Å². The summed E-state index contributed by atoms with van der Waals surface area (Å²) in [6, 6.07) is 0. The Morgan fingerprint density at radius 1 is 1.35 bits per heavy atom. The molecule has 1 aromatic heterocycles. The molecule has 1 aromatic rings. The Kier molecular flexibility index (Phi) is 3.32. The van der Waals surface area contributed by atoms with Crippen molar-refractivity contribution in [2.75, 3.05) is 5.73 Å². The van der Waals surface area contributed by atoms with E-state index in [4.69, 9.17) is 5.73 Å². The van der Waals surface area contributed by atoms with E-state index >= 15 is 0 Å². The summed E-state index contributed by atoms with van der Waals surface area (Å²) in [5.41, 5.74) is 6.74. The SMILES string of the molecule is Nc1ncc([N+](=O)[O-])c(C2=CCCCCC2)n1. The number of nitro groups is 1. The molecule has 2 N–H and O–H groups in total. The van der Waals surface area contributed by atoms with Gasteiger partial charge in [0, 0.05) is 0 Å². The standard InChI is InChI=1S/C11H14N4O2/c12-11-13-7-9(15(16)17)10(14-11)8-5-3-1-2-4-6-8/h5,7H,1-4,6H2,(H2,12,13,14). The monoisotopic (exact) mass is 234 g/mol. The molecule has 0 amide bonds. The van der Waals surface area contributed by atoms with E-state index in [1.54, 1.807) is 0 Å². The lowest BCUT2D eigenvalue weighted by atomic mass is 10.1. The summed E-state index contributed by atoms with van der Waals surface area (Å²) in [5, 5.41) is 10.9. The third-order valence-electron chi connectivity index (χ3n) is 2.83. The Morgan fingerprint density at radius 2 is 2.18 bits per heavy atom. The molecule has 0 aromatic carbocycles. The number of rotatable bonds is 2. The fourth-order valence-electron chi connectivity index (χ4n) is 1.99. The molecule has 0 radical (unpaired) electrons. The predicted octanol–water partition coefficient (Wildman–Crippen LogP) is 2.31. The summed E-state index contributed by atoms with van der Waals surface area (Å²) in [7, 11) is 0. The zero-order valence-corrected chi connectivity index (χ0v) is 9.43. The maximum absolute atomic E-state index is 10.9. The molecule has 0 bridgehead atoms. The number of nitrogens with two attached hydrogens (primary N) is 1. The van der Waals surface area contributed by atoms with Crippen LogP contribution in [-0.2, 0) is 0 Å². The summed E-state index contributed by atoms with van der Waals surface area (Å²) >= 11 is 0. The largest absolute Gasteiger partial charge is 0.368 e. The second kappa shape index (κ2) is 4.90. The van der Waals surface area contributed by atoms with Crippen molar-refractivity contribution >= 4 is 17.2 Å². The molecule has 0 atom stereocenters. The van der Waals surface area contributed by atoms with Gasteiger partial charge in [0.2, 0.25) is 5.95 Å². The van der Waals surface area contributed by atoms with Gasteiger partial charge in [0.1, 0.15) is 11.9 Å². The summed E-state index contributed by atoms with van der Waals surface area (Å²) < 4.78 is 0. The van der Waals surface area contributed by atoms with Crippen molar-refractivity contribution in [2.45, 2.75) is 32.1 Å². The fourth-order valence-corrected chi connectivity index (χ4v) is 1.99. The van der Waals surface area contributed by atoms with Gasteiger partial charge in [-0.25, -0.2) is 9.97 Å². The fraction of sp³-hybridized carbons (Fsp3) is 0.455. The summed E-state index contributed by atoms with van der Waals surface area (Å²) in [4.78, 5) is 18.2.